The Morgan fingerprint density at radius 3 is 2.64 bits per heavy atom. The van der Waals surface area contributed by atoms with Gasteiger partial charge in [0.05, 0.1) is 6.04 Å². The molecule has 1 unspecified atom stereocenters. The number of aromatic nitrogens is 2. The smallest absolute Gasteiger partial charge is 0.229 e. The number of hydrogen-bond acceptors (Lipinski definition) is 5. The van der Waals surface area contributed by atoms with Crippen LogP contribution < -0.4 is 0 Å². The molecule has 0 bridgehead atoms. The van der Waals surface area contributed by atoms with E-state index in [-0.39, 0.29) is 23.8 Å². The van der Waals surface area contributed by atoms with Gasteiger partial charge in [-0.3, -0.25) is 9.59 Å². The van der Waals surface area contributed by atoms with E-state index in [9.17, 15) is 9.59 Å². The summed E-state index contributed by atoms with van der Waals surface area (Å²) in [5.74, 6) is 2.18. The molecular weight excluding hydrogens is 318 g/mol. The van der Waals surface area contributed by atoms with Crippen molar-refractivity contribution in [1.29, 1.82) is 0 Å². The number of ketones is 1. The van der Waals surface area contributed by atoms with Crippen LogP contribution in [0.15, 0.2) is 4.52 Å². The molecule has 1 aliphatic carbocycles. The van der Waals surface area contributed by atoms with E-state index in [0.29, 0.717) is 36.8 Å². The summed E-state index contributed by atoms with van der Waals surface area (Å²) in [5, 5.41) is 4.14. The maximum absolute atomic E-state index is 12.8. The fraction of sp³-hybridized carbons (Fsp3) is 0.789. The summed E-state index contributed by atoms with van der Waals surface area (Å²) in [4.78, 5) is 31.0. The molecule has 0 spiro atoms. The van der Waals surface area contributed by atoms with Gasteiger partial charge in [0.1, 0.15) is 5.78 Å². The Labute approximate surface area is 149 Å². The van der Waals surface area contributed by atoms with Crippen LogP contribution in [-0.4, -0.2) is 33.3 Å². The number of Topliss-reactive ketones (excluding diaryl/α,β-unsaturated/α-hetero) is 1. The molecule has 1 aromatic rings. The molecule has 1 saturated heterocycles. The van der Waals surface area contributed by atoms with Gasteiger partial charge in [-0.15, -0.1) is 0 Å². The second-order valence-electron chi connectivity index (χ2n) is 7.69. The standard InChI is InChI=1S/C19H29N3O3/c1-13(2)19-20-18(21-25-19)15-7-4-3-5-12-22(15)17(24)9-6-8-16(23)14-10-11-14/h13-15H,3-12H2,1-2H3. The topological polar surface area (TPSA) is 76.3 Å². The van der Waals surface area contributed by atoms with Crippen LogP contribution >= 0.6 is 0 Å². The molecule has 1 aromatic heterocycles. The van der Waals surface area contributed by atoms with Crippen molar-refractivity contribution in [1.82, 2.24) is 15.0 Å². The summed E-state index contributed by atoms with van der Waals surface area (Å²) in [6, 6.07) is -0.0922. The largest absolute Gasteiger partial charge is 0.339 e. The van der Waals surface area contributed by atoms with E-state index in [0.717, 1.165) is 45.1 Å². The highest BCUT2D eigenvalue weighted by atomic mass is 16.5. The summed E-state index contributed by atoms with van der Waals surface area (Å²) in [7, 11) is 0. The Morgan fingerprint density at radius 2 is 1.96 bits per heavy atom. The summed E-state index contributed by atoms with van der Waals surface area (Å²) in [6.07, 6.45) is 7.78. The van der Waals surface area contributed by atoms with Gasteiger partial charge in [-0.1, -0.05) is 31.8 Å². The molecule has 6 nitrogen and oxygen atoms in total. The predicted octanol–water partition coefficient (Wildman–Crippen LogP) is 3.79. The van der Waals surface area contributed by atoms with Crippen LogP contribution in [-0.2, 0) is 9.59 Å². The van der Waals surface area contributed by atoms with Gasteiger partial charge in [0.15, 0.2) is 5.82 Å². The van der Waals surface area contributed by atoms with Gasteiger partial charge in [0, 0.05) is 31.2 Å². The average Bonchev–Trinajstić information content (AvgIpc) is 3.36. The first kappa shape index (κ1) is 18.1. The molecule has 25 heavy (non-hydrogen) atoms. The van der Waals surface area contributed by atoms with Crippen molar-refractivity contribution in [3.63, 3.8) is 0 Å². The van der Waals surface area contributed by atoms with Crippen molar-refractivity contribution in [3.05, 3.63) is 11.7 Å². The number of carbonyl (C=O) groups is 2. The molecular formula is C19H29N3O3. The number of carbonyl (C=O) groups excluding carboxylic acids is 2. The van der Waals surface area contributed by atoms with E-state index < -0.39 is 0 Å². The fourth-order valence-electron chi connectivity index (χ4n) is 3.46. The molecule has 6 heteroatoms. The number of amides is 1. The lowest BCUT2D eigenvalue weighted by atomic mass is 10.1. The van der Waals surface area contributed by atoms with Crippen molar-refractivity contribution >= 4 is 11.7 Å². The molecule has 0 radical (unpaired) electrons. The van der Waals surface area contributed by atoms with Gasteiger partial charge in [0.25, 0.3) is 0 Å². The van der Waals surface area contributed by atoms with Crippen molar-refractivity contribution in [2.75, 3.05) is 6.54 Å². The third kappa shape index (κ3) is 4.67. The lowest BCUT2D eigenvalue weighted by Gasteiger charge is -2.28. The maximum Gasteiger partial charge on any atom is 0.229 e. The summed E-state index contributed by atoms with van der Waals surface area (Å²) in [6.45, 7) is 4.78. The van der Waals surface area contributed by atoms with E-state index in [1.807, 2.05) is 18.7 Å². The lowest BCUT2D eigenvalue weighted by Crippen LogP contribution is -2.35. The van der Waals surface area contributed by atoms with E-state index in [1.165, 1.54) is 0 Å². The van der Waals surface area contributed by atoms with Crippen LogP contribution in [0.3, 0.4) is 0 Å². The third-order valence-electron chi connectivity index (χ3n) is 5.17. The van der Waals surface area contributed by atoms with Crippen LogP contribution in [0.4, 0.5) is 0 Å². The number of rotatable bonds is 7. The summed E-state index contributed by atoms with van der Waals surface area (Å²) < 4.78 is 5.35. The Kier molecular flexibility index (Phi) is 5.86. The van der Waals surface area contributed by atoms with Crippen LogP contribution in [0.5, 0.6) is 0 Å². The zero-order valence-corrected chi connectivity index (χ0v) is 15.4. The minimum Gasteiger partial charge on any atom is -0.339 e. The Bertz CT molecular complexity index is 607. The fourth-order valence-corrected chi connectivity index (χ4v) is 3.46. The highest BCUT2D eigenvalue weighted by Crippen LogP contribution is 2.32. The van der Waals surface area contributed by atoms with Gasteiger partial charge in [0.2, 0.25) is 11.8 Å². The zero-order valence-electron chi connectivity index (χ0n) is 15.4. The van der Waals surface area contributed by atoms with Crippen LogP contribution in [0.2, 0.25) is 0 Å². The monoisotopic (exact) mass is 347 g/mol. The lowest BCUT2D eigenvalue weighted by molar-refractivity contribution is -0.134. The molecule has 1 saturated carbocycles. The first-order valence-corrected chi connectivity index (χ1v) is 9.72. The first-order valence-electron chi connectivity index (χ1n) is 9.72. The molecule has 2 fully saturated rings. The van der Waals surface area contributed by atoms with Crippen molar-refractivity contribution in [2.45, 2.75) is 83.6 Å². The van der Waals surface area contributed by atoms with Crippen LogP contribution in [0.1, 0.15) is 95.3 Å². The molecule has 0 N–H and O–H groups in total. The number of nitrogens with zero attached hydrogens (tertiary/aromatic N) is 3. The van der Waals surface area contributed by atoms with Gasteiger partial charge in [-0.05, 0) is 32.1 Å². The molecule has 3 rings (SSSR count). The molecule has 2 heterocycles. The third-order valence-corrected chi connectivity index (χ3v) is 5.17. The second-order valence-corrected chi connectivity index (χ2v) is 7.69. The Balaban J connectivity index is 1.62. The Morgan fingerprint density at radius 1 is 1.16 bits per heavy atom. The SMILES string of the molecule is CC(C)c1nc(C2CCCCCN2C(=O)CCCC(=O)C2CC2)no1. The molecule has 0 aromatic carbocycles. The van der Waals surface area contributed by atoms with E-state index >= 15 is 0 Å². The van der Waals surface area contributed by atoms with Gasteiger partial charge in [-0.25, -0.2) is 0 Å². The number of likely N-dealkylation sites (tertiary alicyclic amines) is 1. The molecule has 1 amide bonds. The highest BCUT2D eigenvalue weighted by molar-refractivity contribution is 5.84. The molecule has 1 aliphatic heterocycles. The van der Waals surface area contributed by atoms with Crippen molar-refractivity contribution < 1.29 is 14.1 Å². The zero-order chi connectivity index (χ0) is 17.8. The van der Waals surface area contributed by atoms with Crippen molar-refractivity contribution in [2.24, 2.45) is 5.92 Å². The van der Waals surface area contributed by atoms with Gasteiger partial charge < -0.3 is 9.42 Å². The average molecular weight is 347 g/mol. The second kappa shape index (κ2) is 8.11. The quantitative estimate of drug-likeness (QED) is 0.750. The summed E-state index contributed by atoms with van der Waals surface area (Å²) >= 11 is 0. The normalized spacial score (nSPS) is 21.4. The Hall–Kier alpha value is -1.72. The number of hydrogen-bond donors (Lipinski definition) is 0. The van der Waals surface area contributed by atoms with Crippen LogP contribution in [0, 0.1) is 5.92 Å². The molecule has 1 atom stereocenters. The minimum absolute atomic E-state index is 0.0922. The molecule has 138 valence electrons. The van der Waals surface area contributed by atoms with Crippen molar-refractivity contribution in [3.8, 4) is 0 Å². The van der Waals surface area contributed by atoms with Crippen LogP contribution in [0.25, 0.3) is 0 Å². The van der Waals surface area contributed by atoms with Gasteiger partial charge in [-0.2, -0.15) is 4.98 Å². The van der Waals surface area contributed by atoms with E-state index in [4.69, 9.17) is 4.52 Å². The molecule has 2 aliphatic rings. The predicted molar refractivity (Wildman–Crippen MR) is 92.9 cm³/mol. The highest BCUT2D eigenvalue weighted by Gasteiger charge is 2.31. The maximum atomic E-state index is 12.8. The summed E-state index contributed by atoms with van der Waals surface area (Å²) in [5.41, 5.74) is 0. The first-order chi connectivity index (χ1) is 12.1. The van der Waals surface area contributed by atoms with E-state index in [1.54, 1.807) is 0 Å². The van der Waals surface area contributed by atoms with E-state index in [2.05, 4.69) is 10.1 Å². The minimum atomic E-state index is -0.0922. The van der Waals surface area contributed by atoms with Gasteiger partial charge >= 0.3 is 0 Å².